The van der Waals surface area contributed by atoms with Crippen LogP contribution >= 0.6 is 0 Å². The Labute approximate surface area is 88.6 Å². The van der Waals surface area contributed by atoms with Crippen molar-refractivity contribution in [3.63, 3.8) is 0 Å². The maximum atomic E-state index is 6.00. The van der Waals surface area contributed by atoms with Crippen molar-refractivity contribution in [2.75, 3.05) is 13.2 Å². The van der Waals surface area contributed by atoms with E-state index in [2.05, 4.69) is 20.8 Å². The summed E-state index contributed by atoms with van der Waals surface area (Å²) in [7, 11) is 0. The van der Waals surface area contributed by atoms with Crippen LogP contribution in [0.5, 0.6) is 0 Å². The normalized spacial score (nSPS) is 15.9. The maximum Gasteiger partial charge on any atom is 0.0715 e. The topological polar surface area (TPSA) is 38.5 Å². The van der Waals surface area contributed by atoms with Crippen molar-refractivity contribution in [3.8, 4) is 0 Å². The summed E-state index contributed by atoms with van der Waals surface area (Å²) >= 11 is 0. The van der Waals surface area contributed by atoms with Crippen molar-refractivity contribution in [3.05, 3.63) is 0 Å². The van der Waals surface area contributed by atoms with E-state index in [1.165, 1.54) is 0 Å². The van der Waals surface area contributed by atoms with Crippen LogP contribution in [0.15, 0.2) is 0 Å². The lowest BCUT2D eigenvalue weighted by Crippen LogP contribution is -2.48. The van der Waals surface area contributed by atoms with E-state index in [0.717, 1.165) is 32.4 Å². The molecule has 0 aliphatic rings. The quantitative estimate of drug-likeness (QED) is 0.484. The monoisotopic (exact) mass is 202 g/mol. The largest absolute Gasteiger partial charge is 0.377 e. The molecule has 2 unspecified atom stereocenters. The van der Waals surface area contributed by atoms with Gasteiger partial charge in [0.05, 0.1) is 12.1 Å². The minimum Gasteiger partial charge on any atom is -0.377 e. The Bertz CT molecular complexity index is 118. The van der Waals surface area contributed by atoms with Crippen LogP contribution in [-0.4, -0.2) is 30.3 Å². The van der Waals surface area contributed by atoms with Gasteiger partial charge in [-0.1, -0.05) is 20.3 Å². The van der Waals surface area contributed by atoms with Crippen molar-refractivity contribution in [1.29, 1.82) is 0 Å². The molecule has 0 aromatic carbocycles. The summed E-state index contributed by atoms with van der Waals surface area (Å²) in [6.45, 7) is 10.2. The fourth-order valence-electron chi connectivity index (χ4n) is 1.76. The van der Waals surface area contributed by atoms with E-state index in [4.69, 9.17) is 10.6 Å². The lowest BCUT2D eigenvalue weighted by Gasteiger charge is -2.31. The van der Waals surface area contributed by atoms with Crippen molar-refractivity contribution < 1.29 is 4.74 Å². The molecule has 0 aliphatic heterocycles. The molecular weight excluding hydrogens is 176 g/mol. The van der Waals surface area contributed by atoms with Gasteiger partial charge in [0.1, 0.15) is 0 Å². The Balaban J connectivity index is 4.10. The van der Waals surface area contributed by atoms with E-state index >= 15 is 0 Å². The molecule has 0 aromatic heterocycles. The van der Waals surface area contributed by atoms with E-state index in [0.29, 0.717) is 6.04 Å². The molecule has 0 rings (SSSR count). The third kappa shape index (κ3) is 4.94. The third-order valence-electron chi connectivity index (χ3n) is 2.46. The first-order valence-corrected chi connectivity index (χ1v) is 5.80. The predicted molar refractivity (Wildman–Crippen MR) is 61.0 cm³/mol. The fraction of sp³-hybridized carbons (Fsp3) is 1.00. The number of ether oxygens (including phenoxy) is 1. The molecule has 2 N–H and O–H groups in total. The molecule has 86 valence electrons. The van der Waals surface area contributed by atoms with Gasteiger partial charge < -0.3 is 4.74 Å². The van der Waals surface area contributed by atoms with Crippen LogP contribution in [0.2, 0.25) is 0 Å². The lowest BCUT2D eigenvalue weighted by molar-refractivity contribution is -0.00249. The number of nitrogens with zero attached hydrogens (tertiary/aromatic N) is 1. The zero-order valence-electron chi connectivity index (χ0n) is 10.1. The van der Waals surface area contributed by atoms with E-state index in [1.54, 1.807) is 0 Å². The summed E-state index contributed by atoms with van der Waals surface area (Å²) in [6, 6.07) is 0.361. The van der Waals surface area contributed by atoms with Crippen molar-refractivity contribution in [2.45, 2.75) is 59.1 Å². The molecule has 0 spiro atoms. The van der Waals surface area contributed by atoms with Crippen LogP contribution < -0.4 is 5.84 Å². The highest BCUT2D eigenvalue weighted by Gasteiger charge is 2.21. The van der Waals surface area contributed by atoms with Crippen molar-refractivity contribution in [2.24, 2.45) is 5.84 Å². The molecule has 0 saturated carbocycles. The van der Waals surface area contributed by atoms with E-state index in [-0.39, 0.29) is 6.10 Å². The third-order valence-corrected chi connectivity index (χ3v) is 2.46. The zero-order chi connectivity index (χ0) is 11.0. The highest BCUT2D eigenvalue weighted by atomic mass is 16.5. The molecule has 0 aliphatic carbocycles. The first-order valence-electron chi connectivity index (χ1n) is 5.80. The number of nitrogens with two attached hydrogens (primary N) is 1. The minimum absolute atomic E-state index is 0.233. The fourth-order valence-corrected chi connectivity index (χ4v) is 1.76. The van der Waals surface area contributed by atoms with Crippen LogP contribution in [-0.2, 0) is 4.74 Å². The summed E-state index contributed by atoms with van der Waals surface area (Å²) in [5.74, 6) is 6.00. The number of hydrogen-bond donors (Lipinski definition) is 1. The smallest absolute Gasteiger partial charge is 0.0715 e. The van der Waals surface area contributed by atoms with Crippen LogP contribution in [0.1, 0.15) is 47.0 Å². The molecule has 3 heteroatoms. The van der Waals surface area contributed by atoms with Gasteiger partial charge in [-0.2, -0.15) is 0 Å². The highest BCUT2D eigenvalue weighted by molar-refractivity contribution is 4.73. The second-order valence-corrected chi connectivity index (χ2v) is 3.75. The van der Waals surface area contributed by atoms with Crippen LogP contribution in [0.25, 0.3) is 0 Å². The molecule has 0 aromatic rings. The van der Waals surface area contributed by atoms with E-state index in [1.807, 2.05) is 11.9 Å². The van der Waals surface area contributed by atoms with Crippen LogP contribution in [0.4, 0.5) is 0 Å². The Morgan fingerprint density at radius 1 is 1.21 bits per heavy atom. The van der Waals surface area contributed by atoms with E-state index < -0.39 is 0 Å². The molecule has 14 heavy (non-hydrogen) atoms. The molecule has 0 saturated heterocycles. The second kappa shape index (κ2) is 8.21. The molecule has 0 radical (unpaired) electrons. The summed E-state index contributed by atoms with van der Waals surface area (Å²) in [5.41, 5.74) is 0. The molecule has 2 atom stereocenters. The van der Waals surface area contributed by atoms with Gasteiger partial charge in [-0.05, 0) is 26.7 Å². The highest BCUT2D eigenvalue weighted by Crippen LogP contribution is 2.11. The summed E-state index contributed by atoms with van der Waals surface area (Å²) < 4.78 is 5.60. The van der Waals surface area contributed by atoms with Gasteiger partial charge in [-0.25, -0.2) is 5.01 Å². The number of rotatable bonds is 8. The Hall–Kier alpha value is -0.120. The average molecular weight is 202 g/mol. The first-order chi connectivity index (χ1) is 6.67. The lowest BCUT2D eigenvalue weighted by atomic mass is 10.1. The van der Waals surface area contributed by atoms with E-state index in [9.17, 15) is 0 Å². The minimum atomic E-state index is 0.233. The first kappa shape index (κ1) is 13.9. The summed E-state index contributed by atoms with van der Waals surface area (Å²) in [4.78, 5) is 0. The number of hydrogen-bond acceptors (Lipinski definition) is 3. The predicted octanol–water partition coefficient (Wildman–Crippen LogP) is 2.17. The molecule has 0 amide bonds. The molecule has 3 nitrogen and oxygen atoms in total. The molecular formula is C11H26N2O. The SMILES string of the molecule is CCCC(C(C)OCC)N(N)CCC. The Morgan fingerprint density at radius 3 is 2.29 bits per heavy atom. The van der Waals surface area contributed by atoms with Gasteiger partial charge in [-0.15, -0.1) is 0 Å². The zero-order valence-corrected chi connectivity index (χ0v) is 10.1. The Kier molecular flexibility index (Phi) is 8.14. The summed E-state index contributed by atoms with van der Waals surface area (Å²) in [6.07, 6.45) is 3.59. The van der Waals surface area contributed by atoms with Crippen LogP contribution in [0, 0.1) is 0 Å². The second-order valence-electron chi connectivity index (χ2n) is 3.75. The van der Waals surface area contributed by atoms with Gasteiger partial charge in [0, 0.05) is 13.2 Å². The molecule has 0 fully saturated rings. The van der Waals surface area contributed by atoms with Gasteiger partial charge in [-0.3, -0.25) is 5.84 Å². The standard InChI is InChI=1S/C11H26N2O/c1-5-8-11(10(4)14-7-3)13(12)9-6-2/h10-11H,5-9,12H2,1-4H3. The maximum absolute atomic E-state index is 6.00. The van der Waals surface area contributed by atoms with Gasteiger partial charge in [0.15, 0.2) is 0 Å². The molecule has 0 bridgehead atoms. The summed E-state index contributed by atoms with van der Waals surface area (Å²) in [5, 5.41) is 1.93. The van der Waals surface area contributed by atoms with Gasteiger partial charge >= 0.3 is 0 Å². The average Bonchev–Trinajstić information content (AvgIpc) is 2.14. The van der Waals surface area contributed by atoms with Gasteiger partial charge in [0.2, 0.25) is 0 Å². The van der Waals surface area contributed by atoms with Crippen molar-refractivity contribution >= 4 is 0 Å². The van der Waals surface area contributed by atoms with Crippen LogP contribution in [0.3, 0.4) is 0 Å². The van der Waals surface area contributed by atoms with Crippen molar-refractivity contribution in [1.82, 2.24) is 5.01 Å². The van der Waals surface area contributed by atoms with Gasteiger partial charge in [0.25, 0.3) is 0 Å². The number of hydrazine groups is 1. The Morgan fingerprint density at radius 2 is 1.86 bits per heavy atom. The molecule has 0 heterocycles.